The SMILES string of the molecule is CCOc1ccc2nc(NS(=O)(=O)Cc3noc4ccccc34)sc2c1. The number of benzene rings is 2. The highest BCUT2D eigenvalue weighted by Gasteiger charge is 2.19. The van der Waals surface area contributed by atoms with Gasteiger partial charge in [-0.2, -0.15) is 0 Å². The second kappa shape index (κ2) is 6.58. The standard InChI is InChI=1S/C17H15N3O4S2/c1-2-23-11-7-8-13-16(9-11)25-17(18-13)20-26(21,22)10-14-12-5-3-4-6-15(12)24-19-14/h3-9H,2,10H2,1H3,(H,18,20). The molecule has 9 heteroatoms. The minimum Gasteiger partial charge on any atom is -0.494 e. The van der Waals surface area contributed by atoms with E-state index < -0.39 is 10.0 Å². The summed E-state index contributed by atoms with van der Waals surface area (Å²) in [5, 5.41) is 4.86. The molecule has 1 N–H and O–H groups in total. The topological polar surface area (TPSA) is 94.3 Å². The lowest BCUT2D eigenvalue weighted by Gasteiger charge is -2.02. The lowest BCUT2D eigenvalue weighted by atomic mass is 10.2. The van der Waals surface area contributed by atoms with Crippen LogP contribution in [0, 0.1) is 0 Å². The Hall–Kier alpha value is -2.65. The summed E-state index contributed by atoms with van der Waals surface area (Å²) in [5.74, 6) is 0.441. The van der Waals surface area contributed by atoms with Crippen molar-refractivity contribution < 1.29 is 17.7 Å². The van der Waals surface area contributed by atoms with Crippen LogP contribution in [-0.4, -0.2) is 25.2 Å². The third-order valence-corrected chi connectivity index (χ3v) is 5.91. The summed E-state index contributed by atoms with van der Waals surface area (Å²) >= 11 is 1.26. The Morgan fingerprint density at radius 2 is 2.08 bits per heavy atom. The number of ether oxygens (including phenoxy) is 1. The summed E-state index contributed by atoms with van der Waals surface area (Å²) < 4.78 is 39.0. The van der Waals surface area contributed by atoms with E-state index in [2.05, 4.69) is 14.9 Å². The molecule has 0 unspecified atom stereocenters. The smallest absolute Gasteiger partial charge is 0.240 e. The maximum atomic E-state index is 12.5. The summed E-state index contributed by atoms with van der Waals surface area (Å²) in [6.07, 6.45) is 0. The largest absolute Gasteiger partial charge is 0.494 e. The number of anilines is 1. The molecule has 0 fully saturated rings. The lowest BCUT2D eigenvalue weighted by Crippen LogP contribution is -2.15. The molecular weight excluding hydrogens is 374 g/mol. The van der Waals surface area contributed by atoms with Crippen LogP contribution in [-0.2, 0) is 15.8 Å². The van der Waals surface area contributed by atoms with Gasteiger partial charge >= 0.3 is 0 Å². The van der Waals surface area contributed by atoms with E-state index in [1.54, 1.807) is 18.2 Å². The van der Waals surface area contributed by atoms with Crippen molar-refractivity contribution in [2.75, 3.05) is 11.3 Å². The molecule has 2 aromatic heterocycles. The average molecular weight is 389 g/mol. The molecule has 0 amide bonds. The Labute approximate surface area is 153 Å². The summed E-state index contributed by atoms with van der Waals surface area (Å²) in [6.45, 7) is 2.47. The van der Waals surface area contributed by atoms with Crippen LogP contribution < -0.4 is 9.46 Å². The molecule has 4 rings (SSSR count). The first-order valence-electron chi connectivity index (χ1n) is 7.91. The number of fused-ring (bicyclic) bond motifs is 2. The van der Waals surface area contributed by atoms with Crippen molar-refractivity contribution in [2.24, 2.45) is 0 Å². The van der Waals surface area contributed by atoms with Crippen LogP contribution in [0.5, 0.6) is 5.75 Å². The second-order valence-corrected chi connectivity index (χ2v) is 8.32. The monoisotopic (exact) mass is 389 g/mol. The molecule has 0 saturated carbocycles. The molecular formula is C17H15N3O4S2. The van der Waals surface area contributed by atoms with Crippen LogP contribution in [0.25, 0.3) is 21.2 Å². The number of hydrogen-bond donors (Lipinski definition) is 1. The highest BCUT2D eigenvalue weighted by molar-refractivity contribution is 7.92. The molecule has 0 atom stereocenters. The number of hydrogen-bond acceptors (Lipinski definition) is 7. The van der Waals surface area contributed by atoms with Crippen molar-refractivity contribution in [3.05, 3.63) is 48.2 Å². The van der Waals surface area contributed by atoms with E-state index in [1.165, 1.54) is 11.3 Å². The molecule has 4 aromatic rings. The van der Waals surface area contributed by atoms with Crippen LogP contribution in [0.1, 0.15) is 12.6 Å². The average Bonchev–Trinajstić information content (AvgIpc) is 3.18. The Kier molecular flexibility index (Phi) is 4.25. The van der Waals surface area contributed by atoms with Crippen LogP contribution in [0.4, 0.5) is 5.13 Å². The first-order chi connectivity index (χ1) is 12.5. The Morgan fingerprint density at radius 1 is 1.23 bits per heavy atom. The quantitative estimate of drug-likeness (QED) is 0.539. The number of sulfonamides is 1. The predicted molar refractivity (Wildman–Crippen MR) is 101 cm³/mol. The van der Waals surface area contributed by atoms with Gasteiger partial charge in [-0.15, -0.1) is 0 Å². The van der Waals surface area contributed by atoms with Crippen LogP contribution in [0.3, 0.4) is 0 Å². The van der Waals surface area contributed by atoms with E-state index in [1.807, 2.05) is 31.2 Å². The zero-order valence-electron chi connectivity index (χ0n) is 13.8. The zero-order chi connectivity index (χ0) is 18.1. The summed E-state index contributed by atoms with van der Waals surface area (Å²) in [6, 6.07) is 12.6. The summed E-state index contributed by atoms with van der Waals surface area (Å²) in [4.78, 5) is 4.32. The van der Waals surface area contributed by atoms with Gasteiger partial charge in [-0.05, 0) is 37.3 Å². The number of para-hydroxylation sites is 1. The van der Waals surface area contributed by atoms with Crippen molar-refractivity contribution in [2.45, 2.75) is 12.7 Å². The maximum absolute atomic E-state index is 12.5. The molecule has 134 valence electrons. The third kappa shape index (κ3) is 3.35. The Balaban J connectivity index is 1.58. The fourth-order valence-corrected chi connectivity index (χ4v) is 4.84. The number of aromatic nitrogens is 2. The number of nitrogens with one attached hydrogen (secondary N) is 1. The van der Waals surface area contributed by atoms with Gasteiger partial charge in [0.05, 0.1) is 16.8 Å². The van der Waals surface area contributed by atoms with Gasteiger partial charge in [0, 0.05) is 5.39 Å². The highest BCUT2D eigenvalue weighted by Crippen LogP contribution is 2.30. The second-order valence-electron chi connectivity index (χ2n) is 5.57. The molecule has 0 spiro atoms. The first-order valence-corrected chi connectivity index (χ1v) is 10.4. The van der Waals surface area contributed by atoms with Gasteiger partial charge in [-0.3, -0.25) is 4.72 Å². The van der Waals surface area contributed by atoms with Gasteiger partial charge in [0.15, 0.2) is 10.7 Å². The highest BCUT2D eigenvalue weighted by atomic mass is 32.2. The van der Waals surface area contributed by atoms with E-state index in [9.17, 15) is 8.42 Å². The third-order valence-electron chi connectivity index (χ3n) is 3.69. The van der Waals surface area contributed by atoms with Gasteiger partial charge in [0.2, 0.25) is 10.0 Å². The van der Waals surface area contributed by atoms with E-state index >= 15 is 0 Å². The maximum Gasteiger partial charge on any atom is 0.240 e. The molecule has 2 aromatic carbocycles. The fourth-order valence-electron chi connectivity index (χ4n) is 2.60. The van der Waals surface area contributed by atoms with Crippen molar-refractivity contribution >= 4 is 47.7 Å². The lowest BCUT2D eigenvalue weighted by molar-refractivity contribution is 0.341. The van der Waals surface area contributed by atoms with Crippen molar-refractivity contribution in [3.8, 4) is 5.75 Å². The molecule has 0 radical (unpaired) electrons. The molecule has 0 aliphatic rings. The van der Waals surface area contributed by atoms with E-state index in [4.69, 9.17) is 9.26 Å². The minimum atomic E-state index is -3.67. The molecule has 26 heavy (non-hydrogen) atoms. The van der Waals surface area contributed by atoms with Crippen LogP contribution in [0.15, 0.2) is 47.0 Å². The molecule has 0 aliphatic carbocycles. The van der Waals surface area contributed by atoms with Gasteiger partial charge in [0.1, 0.15) is 17.2 Å². The van der Waals surface area contributed by atoms with Crippen LogP contribution in [0.2, 0.25) is 0 Å². The molecule has 0 bridgehead atoms. The van der Waals surface area contributed by atoms with Gasteiger partial charge in [-0.1, -0.05) is 28.6 Å². The van der Waals surface area contributed by atoms with Crippen LogP contribution >= 0.6 is 11.3 Å². The van der Waals surface area contributed by atoms with Gasteiger partial charge in [0.25, 0.3) is 0 Å². The van der Waals surface area contributed by atoms with E-state index in [0.717, 1.165) is 10.4 Å². The Morgan fingerprint density at radius 3 is 2.92 bits per heavy atom. The molecule has 2 heterocycles. The zero-order valence-corrected chi connectivity index (χ0v) is 15.4. The molecule has 0 aliphatic heterocycles. The van der Waals surface area contributed by atoms with E-state index in [-0.39, 0.29) is 5.75 Å². The summed E-state index contributed by atoms with van der Waals surface area (Å²) in [5.41, 5.74) is 1.64. The Bertz CT molecular complexity index is 1180. The number of rotatable bonds is 6. The van der Waals surface area contributed by atoms with Crippen molar-refractivity contribution in [1.82, 2.24) is 10.1 Å². The first kappa shape index (κ1) is 16.8. The van der Waals surface area contributed by atoms with Gasteiger partial charge in [-0.25, -0.2) is 13.4 Å². The number of thiazole rings is 1. The predicted octanol–water partition coefficient (Wildman–Crippen LogP) is 3.78. The molecule has 0 saturated heterocycles. The normalized spacial score (nSPS) is 11.9. The van der Waals surface area contributed by atoms with Gasteiger partial charge < -0.3 is 9.26 Å². The number of nitrogens with zero attached hydrogens (tertiary/aromatic N) is 2. The molecule has 7 nitrogen and oxygen atoms in total. The van der Waals surface area contributed by atoms with Crippen molar-refractivity contribution in [1.29, 1.82) is 0 Å². The fraction of sp³-hybridized carbons (Fsp3) is 0.176. The summed E-state index contributed by atoms with van der Waals surface area (Å²) in [7, 11) is -3.67. The van der Waals surface area contributed by atoms with Crippen molar-refractivity contribution in [3.63, 3.8) is 0 Å². The minimum absolute atomic E-state index is 0.288. The van der Waals surface area contributed by atoms with E-state index in [0.29, 0.717) is 33.9 Å².